The fourth-order valence-electron chi connectivity index (χ4n) is 1.86. The van der Waals surface area contributed by atoms with Crippen molar-refractivity contribution in [3.8, 4) is 0 Å². The number of halogens is 1. The molecule has 0 saturated heterocycles. The third-order valence-corrected chi connectivity index (χ3v) is 4.09. The van der Waals surface area contributed by atoms with Crippen LogP contribution in [0.3, 0.4) is 0 Å². The van der Waals surface area contributed by atoms with Crippen LogP contribution in [0.1, 0.15) is 15.9 Å². The summed E-state index contributed by atoms with van der Waals surface area (Å²) in [4.78, 5) is 14.6. The van der Waals surface area contributed by atoms with E-state index in [1.165, 1.54) is 30.6 Å². The van der Waals surface area contributed by atoms with Crippen LogP contribution in [0.4, 0.5) is 10.1 Å². The molecule has 1 aromatic heterocycles. The summed E-state index contributed by atoms with van der Waals surface area (Å²) < 4.78 is 38.8. The van der Waals surface area contributed by atoms with Gasteiger partial charge in [0.15, 0.2) is 0 Å². The molecule has 0 atom stereocenters. The quantitative estimate of drug-likeness (QED) is 0.907. The van der Waals surface area contributed by atoms with Gasteiger partial charge in [-0.25, -0.2) is 17.6 Å². The number of sulfonamides is 1. The number of hydrogen-bond donors (Lipinski definition) is 1. The molecule has 0 amide bonds. The molecule has 22 heavy (non-hydrogen) atoms. The van der Waals surface area contributed by atoms with Gasteiger partial charge < -0.3 is 5.11 Å². The van der Waals surface area contributed by atoms with Crippen molar-refractivity contribution in [1.82, 2.24) is 4.98 Å². The van der Waals surface area contributed by atoms with Gasteiger partial charge in [-0.3, -0.25) is 9.29 Å². The van der Waals surface area contributed by atoms with Gasteiger partial charge in [0, 0.05) is 11.8 Å². The molecule has 0 fully saturated rings. The maximum absolute atomic E-state index is 14.0. The Bertz CT molecular complexity index is 794. The number of nitrogens with zero attached hydrogens (tertiary/aromatic N) is 2. The van der Waals surface area contributed by atoms with Crippen LogP contribution >= 0.6 is 0 Å². The van der Waals surface area contributed by atoms with Gasteiger partial charge in [0.2, 0.25) is 10.0 Å². The molecule has 0 saturated carbocycles. The second-order valence-electron chi connectivity index (χ2n) is 4.59. The number of benzene rings is 1. The lowest BCUT2D eigenvalue weighted by molar-refractivity contribution is 0.0696. The van der Waals surface area contributed by atoms with Crippen LogP contribution in [0.2, 0.25) is 0 Å². The molecule has 1 aromatic carbocycles. The first kappa shape index (κ1) is 15.9. The molecule has 1 N–H and O–H groups in total. The minimum Gasteiger partial charge on any atom is -0.478 e. The van der Waals surface area contributed by atoms with Crippen molar-refractivity contribution < 1.29 is 22.7 Å². The van der Waals surface area contributed by atoms with Crippen molar-refractivity contribution >= 4 is 21.7 Å². The third kappa shape index (κ3) is 3.59. The van der Waals surface area contributed by atoms with Crippen molar-refractivity contribution in [3.63, 3.8) is 0 Å². The molecular formula is C14H13FN2O4S. The zero-order chi connectivity index (χ0) is 16.3. The lowest BCUT2D eigenvalue weighted by atomic mass is 10.1. The number of pyridine rings is 1. The predicted octanol–water partition coefficient (Wildman–Crippen LogP) is 1.89. The molecule has 2 aromatic rings. The first-order valence-corrected chi connectivity index (χ1v) is 8.03. The van der Waals surface area contributed by atoms with E-state index < -0.39 is 21.8 Å². The second kappa shape index (κ2) is 6.10. The summed E-state index contributed by atoms with van der Waals surface area (Å²) in [6.07, 6.45) is 3.85. The Kier molecular flexibility index (Phi) is 4.41. The summed E-state index contributed by atoms with van der Waals surface area (Å²) in [5.41, 5.74) is 0.166. The Balaban J connectivity index is 2.39. The van der Waals surface area contributed by atoms with E-state index >= 15 is 0 Å². The normalized spacial score (nSPS) is 11.2. The number of aromatic nitrogens is 1. The summed E-state index contributed by atoms with van der Waals surface area (Å²) in [6, 6.07) is 6.45. The summed E-state index contributed by atoms with van der Waals surface area (Å²) >= 11 is 0. The lowest BCUT2D eigenvalue weighted by Crippen LogP contribution is -2.29. The number of hydrogen-bond acceptors (Lipinski definition) is 4. The zero-order valence-electron chi connectivity index (χ0n) is 11.6. The number of rotatable bonds is 5. The monoisotopic (exact) mass is 324 g/mol. The van der Waals surface area contributed by atoms with Crippen molar-refractivity contribution in [1.29, 1.82) is 0 Å². The van der Waals surface area contributed by atoms with E-state index in [1.807, 2.05) is 0 Å². The largest absolute Gasteiger partial charge is 0.478 e. The van der Waals surface area contributed by atoms with Crippen LogP contribution in [0.15, 0.2) is 42.7 Å². The Morgan fingerprint density at radius 1 is 1.36 bits per heavy atom. The van der Waals surface area contributed by atoms with Crippen LogP contribution in [0.5, 0.6) is 0 Å². The van der Waals surface area contributed by atoms with E-state index in [-0.39, 0.29) is 17.7 Å². The Morgan fingerprint density at radius 2 is 2.09 bits per heavy atom. The first-order chi connectivity index (χ1) is 10.3. The highest BCUT2D eigenvalue weighted by atomic mass is 32.2. The van der Waals surface area contributed by atoms with E-state index in [0.29, 0.717) is 5.69 Å². The molecule has 0 aliphatic heterocycles. The van der Waals surface area contributed by atoms with Gasteiger partial charge >= 0.3 is 5.97 Å². The summed E-state index contributed by atoms with van der Waals surface area (Å²) in [7, 11) is -3.65. The fraction of sp³-hybridized carbons (Fsp3) is 0.143. The maximum Gasteiger partial charge on any atom is 0.335 e. The van der Waals surface area contributed by atoms with Gasteiger partial charge in [-0.2, -0.15) is 0 Å². The van der Waals surface area contributed by atoms with Crippen molar-refractivity contribution in [2.75, 3.05) is 10.6 Å². The summed E-state index contributed by atoms with van der Waals surface area (Å²) in [6.45, 7) is -0.254. The number of carboxylic acids is 1. The smallest absolute Gasteiger partial charge is 0.335 e. The van der Waals surface area contributed by atoms with E-state index in [0.717, 1.165) is 16.6 Å². The molecular weight excluding hydrogens is 311 g/mol. The van der Waals surface area contributed by atoms with Gasteiger partial charge in [0.1, 0.15) is 5.82 Å². The molecule has 8 heteroatoms. The van der Waals surface area contributed by atoms with Crippen LogP contribution in [-0.4, -0.2) is 30.7 Å². The van der Waals surface area contributed by atoms with Gasteiger partial charge in [-0.05, 0) is 24.3 Å². The van der Waals surface area contributed by atoms with E-state index in [4.69, 9.17) is 5.11 Å². The molecule has 0 unspecified atom stereocenters. The number of aromatic carboxylic acids is 1. The highest BCUT2D eigenvalue weighted by molar-refractivity contribution is 7.92. The Hall–Kier alpha value is -2.48. The summed E-state index contributed by atoms with van der Waals surface area (Å²) in [5.74, 6) is -2.03. The maximum atomic E-state index is 14.0. The number of carboxylic acid groups (broad SMARTS) is 1. The molecule has 116 valence electrons. The first-order valence-electron chi connectivity index (χ1n) is 6.18. The Morgan fingerprint density at radius 3 is 2.59 bits per heavy atom. The second-order valence-corrected chi connectivity index (χ2v) is 6.50. The van der Waals surface area contributed by atoms with E-state index in [2.05, 4.69) is 4.98 Å². The van der Waals surface area contributed by atoms with Crippen LogP contribution in [-0.2, 0) is 16.6 Å². The van der Waals surface area contributed by atoms with Crippen LogP contribution in [0, 0.1) is 5.82 Å². The third-order valence-electron chi connectivity index (χ3n) is 2.95. The average molecular weight is 324 g/mol. The highest BCUT2D eigenvalue weighted by Crippen LogP contribution is 2.21. The molecule has 0 radical (unpaired) electrons. The topological polar surface area (TPSA) is 87.6 Å². The highest BCUT2D eigenvalue weighted by Gasteiger charge is 2.20. The summed E-state index contributed by atoms with van der Waals surface area (Å²) in [5, 5.41) is 8.81. The predicted molar refractivity (Wildman–Crippen MR) is 78.6 cm³/mol. The van der Waals surface area contributed by atoms with E-state index in [9.17, 15) is 17.6 Å². The minimum absolute atomic E-state index is 0.0688. The van der Waals surface area contributed by atoms with Gasteiger partial charge in [-0.1, -0.05) is 6.07 Å². The fourth-order valence-corrected chi connectivity index (χ4v) is 2.73. The Labute approximate surface area is 126 Å². The van der Waals surface area contributed by atoms with Crippen molar-refractivity contribution in [2.24, 2.45) is 0 Å². The van der Waals surface area contributed by atoms with Crippen LogP contribution in [0.25, 0.3) is 0 Å². The van der Waals surface area contributed by atoms with Gasteiger partial charge in [0.25, 0.3) is 0 Å². The van der Waals surface area contributed by atoms with Crippen molar-refractivity contribution in [3.05, 3.63) is 59.7 Å². The lowest BCUT2D eigenvalue weighted by Gasteiger charge is -2.22. The van der Waals surface area contributed by atoms with Gasteiger partial charge in [0.05, 0.1) is 30.2 Å². The molecule has 0 aliphatic rings. The SMILES string of the molecule is CS(=O)(=O)N(Cc1ccc(C(=O)O)cc1F)c1cccnc1. The molecule has 0 spiro atoms. The minimum atomic E-state index is -3.65. The molecule has 0 aliphatic carbocycles. The average Bonchev–Trinajstić information content (AvgIpc) is 2.45. The number of carbonyl (C=O) groups is 1. The molecule has 0 bridgehead atoms. The standard InChI is InChI=1S/C14H13FN2O4S/c1-22(20,21)17(12-3-2-6-16-8-12)9-11-5-4-10(14(18)19)7-13(11)15/h2-8H,9H2,1H3,(H,18,19). The number of anilines is 1. The van der Waals surface area contributed by atoms with E-state index in [1.54, 1.807) is 6.07 Å². The molecule has 1 heterocycles. The van der Waals surface area contributed by atoms with Gasteiger partial charge in [-0.15, -0.1) is 0 Å². The molecule has 2 rings (SSSR count). The van der Waals surface area contributed by atoms with Crippen LogP contribution < -0.4 is 4.31 Å². The zero-order valence-corrected chi connectivity index (χ0v) is 12.4. The van der Waals surface area contributed by atoms with Crippen molar-refractivity contribution in [2.45, 2.75) is 6.54 Å². The molecule has 6 nitrogen and oxygen atoms in total.